The summed E-state index contributed by atoms with van der Waals surface area (Å²) in [5.74, 6) is -0.667. The molecule has 26 heavy (non-hydrogen) atoms. The van der Waals surface area contributed by atoms with Crippen molar-refractivity contribution >= 4 is 11.9 Å². The molecular formula is C18H17F3N2O3. The second-order valence-corrected chi connectivity index (χ2v) is 5.28. The number of benzene rings is 2. The zero-order valence-electron chi connectivity index (χ0n) is 13.8. The third-order valence-electron chi connectivity index (χ3n) is 3.35. The van der Waals surface area contributed by atoms with Crippen molar-refractivity contribution in [2.45, 2.75) is 19.2 Å². The molecule has 2 N–H and O–H groups in total. The summed E-state index contributed by atoms with van der Waals surface area (Å²) in [5, 5.41) is 4.56. The van der Waals surface area contributed by atoms with Gasteiger partial charge in [0.2, 0.25) is 6.10 Å². The van der Waals surface area contributed by atoms with E-state index in [1.54, 1.807) is 37.3 Å². The van der Waals surface area contributed by atoms with Crippen molar-refractivity contribution in [3.8, 4) is 5.75 Å². The van der Waals surface area contributed by atoms with E-state index in [2.05, 4.69) is 10.6 Å². The number of carbonyl (C=O) groups excluding carboxylic acids is 2. The zero-order valence-corrected chi connectivity index (χ0v) is 13.8. The third-order valence-corrected chi connectivity index (χ3v) is 3.35. The van der Waals surface area contributed by atoms with E-state index in [9.17, 15) is 22.8 Å². The summed E-state index contributed by atoms with van der Waals surface area (Å²) in [4.78, 5) is 24.0. The molecule has 0 aliphatic carbocycles. The molecule has 2 aromatic carbocycles. The minimum Gasteiger partial charge on any atom is -0.476 e. The van der Waals surface area contributed by atoms with Gasteiger partial charge in [0.15, 0.2) is 0 Å². The number of halogens is 3. The number of ether oxygens (including phenoxy) is 1. The van der Waals surface area contributed by atoms with Crippen LogP contribution < -0.4 is 15.4 Å². The van der Waals surface area contributed by atoms with Crippen LogP contribution in [-0.2, 0) is 11.0 Å². The molecule has 0 aliphatic rings. The highest BCUT2D eigenvalue weighted by atomic mass is 19.4. The van der Waals surface area contributed by atoms with Crippen molar-refractivity contribution in [3.63, 3.8) is 0 Å². The normalized spacial score (nSPS) is 12.2. The van der Waals surface area contributed by atoms with Crippen molar-refractivity contribution in [2.75, 3.05) is 6.54 Å². The SMILES string of the molecule is CCNC(=O)NC(=O)[C@@H](Oc1ccc(C(F)(F)F)cc1)c1ccccc1. The molecule has 0 aromatic heterocycles. The summed E-state index contributed by atoms with van der Waals surface area (Å²) in [5.41, 5.74) is -0.373. The Morgan fingerprint density at radius 3 is 2.19 bits per heavy atom. The molecule has 2 aromatic rings. The molecule has 0 aliphatic heterocycles. The minimum atomic E-state index is -4.47. The van der Waals surface area contributed by atoms with Crippen molar-refractivity contribution in [3.05, 3.63) is 65.7 Å². The highest BCUT2D eigenvalue weighted by Crippen LogP contribution is 2.31. The number of amides is 3. The van der Waals surface area contributed by atoms with Crippen LogP contribution in [0.15, 0.2) is 54.6 Å². The molecule has 0 spiro atoms. The fourth-order valence-electron chi connectivity index (χ4n) is 2.14. The smallest absolute Gasteiger partial charge is 0.416 e. The lowest BCUT2D eigenvalue weighted by Crippen LogP contribution is -2.42. The summed E-state index contributed by atoms with van der Waals surface area (Å²) in [6.07, 6.45) is -5.66. The van der Waals surface area contributed by atoms with Gasteiger partial charge < -0.3 is 10.1 Å². The molecule has 5 nitrogen and oxygen atoms in total. The fraction of sp³-hybridized carbons (Fsp3) is 0.222. The zero-order chi connectivity index (χ0) is 19.2. The van der Waals surface area contributed by atoms with Crippen LogP contribution in [0.25, 0.3) is 0 Å². The van der Waals surface area contributed by atoms with Gasteiger partial charge in [-0.3, -0.25) is 10.1 Å². The summed E-state index contributed by atoms with van der Waals surface area (Å²) in [6.45, 7) is 2.02. The molecule has 0 heterocycles. The lowest BCUT2D eigenvalue weighted by molar-refractivity contribution is -0.137. The number of imide groups is 1. The lowest BCUT2D eigenvalue weighted by atomic mass is 10.1. The Bertz CT molecular complexity index is 747. The van der Waals surface area contributed by atoms with Crippen molar-refractivity contribution in [1.82, 2.24) is 10.6 Å². The molecule has 0 saturated carbocycles. The molecule has 0 bridgehead atoms. The molecular weight excluding hydrogens is 349 g/mol. The molecule has 2 rings (SSSR count). The average molecular weight is 366 g/mol. The molecule has 3 amide bonds. The van der Waals surface area contributed by atoms with Gasteiger partial charge in [0.05, 0.1) is 5.56 Å². The molecule has 0 radical (unpaired) electrons. The average Bonchev–Trinajstić information content (AvgIpc) is 2.60. The molecule has 8 heteroatoms. The summed E-state index contributed by atoms with van der Waals surface area (Å²) in [7, 11) is 0. The summed E-state index contributed by atoms with van der Waals surface area (Å²) >= 11 is 0. The maximum Gasteiger partial charge on any atom is 0.416 e. The van der Waals surface area contributed by atoms with Crippen molar-refractivity contribution in [1.29, 1.82) is 0 Å². The molecule has 138 valence electrons. The van der Waals surface area contributed by atoms with Crippen molar-refractivity contribution < 1.29 is 27.5 Å². The van der Waals surface area contributed by atoms with Gasteiger partial charge in [0.1, 0.15) is 5.75 Å². The Morgan fingerprint density at radius 1 is 1.04 bits per heavy atom. The Hall–Kier alpha value is -3.03. The molecule has 1 atom stereocenters. The van der Waals surface area contributed by atoms with Gasteiger partial charge in [-0.05, 0) is 31.2 Å². The van der Waals surface area contributed by atoms with Gasteiger partial charge >= 0.3 is 12.2 Å². The number of urea groups is 1. The van der Waals surface area contributed by atoms with E-state index in [1.807, 2.05) is 0 Å². The Kier molecular flexibility index (Phi) is 6.21. The predicted molar refractivity (Wildman–Crippen MR) is 88.5 cm³/mol. The highest BCUT2D eigenvalue weighted by molar-refractivity contribution is 5.97. The van der Waals surface area contributed by atoms with E-state index >= 15 is 0 Å². The number of hydrogen-bond acceptors (Lipinski definition) is 3. The first-order valence-corrected chi connectivity index (χ1v) is 7.79. The van der Waals surface area contributed by atoms with Crippen LogP contribution in [0, 0.1) is 0 Å². The van der Waals surface area contributed by atoms with Crippen LogP contribution in [-0.4, -0.2) is 18.5 Å². The van der Waals surface area contributed by atoms with E-state index < -0.39 is 29.8 Å². The maximum atomic E-state index is 12.6. The van der Waals surface area contributed by atoms with Gasteiger partial charge in [-0.15, -0.1) is 0 Å². The summed E-state index contributed by atoms with van der Waals surface area (Å²) in [6, 6.07) is 11.6. The van der Waals surface area contributed by atoms with Gasteiger partial charge in [-0.25, -0.2) is 4.79 Å². The van der Waals surface area contributed by atoms with E-state index in [4.69, 9.17) is 4.74 Å². The van der Waals surface area contributed by atoms with Crippen molar-refractivity contribution in [2.24, 2.45) is 0 Å². The number of alkyl halides is 3. The Balaban J connectivity index is 2.22. The van der Waals surface area contributed by atoms with Crippen LogP contribution in [0.5, 0.6) is 5.75 Å². The topological polar surface area (TPSA) is 67.4 Å². The number of carbonyl (C=O) groups is 2. The maximum absolute atomic E-state index is 12.6. The lowest BCUT2D eigenvalue weighted by Gasteiger charge is -2.19. The fourth-order valence-corrected chi connectivity index (χ4v) is 2.14. The Labute approximate surface area is 148 Å². The number of nitrogens with one attached hydrogen (secondary N) is 2. The van der Waals surface area contributed by atoms with Crippen LogP contribution >= 0.6 is 0 Å². The minimum absolute atomic E-state index is 0.0675. The quantitative estimate of drug-likeness (QED) is 0.848. The largest absolute Gasteiger partial charge is 0.476 e. The monoisotopic (exact) mass is 366 g/mol. The second kappa shape index (κ2) is 8.37. The summed E-state index contributed by atoms with van der Waals surface area (Å²) < 4.78 is 43.5. The Morgan fingerprint density at radius 2 is 1.65 bits per heavy atom. The van der Waals surface area contributed by atoms with E-state index in [-0.39, 0.29) is 5.75 Å². The standard InChI is InChI=1S/C18H17F3N2O3/c1-2-22-17(25)23-16(24)15(12-6-4-3-5-7-12)26-14-10-8-13(9-11-14)18(19,20)21/h3-11,15H,2H2,1H3,(H2,22,23,24,25)/t15-/m0/s1. The second-order valence-electron chi connectivity index (χ2n) is 5.28. The van der Waals surface area contributed by atoms with E-state index in [0.29, 0.717) is 12.1 Å². The molecule has 0 fully saturated rings. The van der Waals surface area contributed by atoms with Crippen LogP contribution in [0.4, 0.5) is 18.0 Å². The number of hydrogen-bond donors (Lipinski definition) is 2. The van der Waals surface area contributed by atoms with Gasteiger partial charge in [0.25, 0.3) is 5.91 Å². The number of rotatable bonds is 5. The first-order valence-electron chi connectivity index (χ1n) is 7.79. The highest BCUT2D eigenvalue weighted by Gasteiger charge is 2.30. The molecule has 0 saturated heterocycles. The van der Waals surface area contributed by atoms with Gasteiger partial charge in [0, 0.05) is 12.1 Å². The van der Waals surface area contributed by atoms with Gasteiger partial charge in [-0.1, -0.05) is 30.3 Å². The molecule has 0 unspecified atom stereocenters. The van der Waals surface area contributed by atoms with Gasteiger partial charge in [-0.2, -0.15) is 13.2 Å². The van der Waals surface area contributed by atoms with E-state index in [1.165, 1.54) is 0 Å². The first kappa shape index (κ1) is 19.3. The third kappa shape index (κ3) is 5.23. The van der Waals surface area contributed by atoms with Crippen LogP contribution in [0.1, 0.15) is 24.2 Å². The van der Waals surface area contributed by atoms with Crippen LogP contribution in [0.2, 0.25) is 0 Å². The predicted octanol–water partition coefficient (Wildman–Crippen LogP) is 3.67. The van der Waals surface area contributed by atoms with Crippen LogP contribution in [0.3, 0.4) is 0 Å². The first-order chi connectivity index (χ1) is 12.3. The van der Waals surface area contributed by atoms with E-state index in [0.717, 1.165) is 24.3 Å².